The Bertz CT molecular complexity index is 534. The summed E-state index contributed by atoms with van der Waals surface area (Å²) in [5, 5.41) is 13.0. The second kappa shape index (κ2) is 4.68. The minimum atomic E-state index is -1.22. The number of carboxylic acid groups (broad SMARTS) is 1. The van der Waals surface area contributed by atoms with E-state index in [-0.39, 0.29) is 11.5 Å². The topological polar surface area (TPSA) is 69.2 Å². The van der Waals surface area contributed by atoms with Crippen molar-refractivity contribution in [2.45, 2.75) is 0 Å². The minimum Gasteiger partial charge on any atom is -0.545 e. The van der Waals surface area contributed by atoms with Gasteiger partial charge in [-0.2, -0.15) is 0 Å². The third-order valence-corrected chi connectivity index (χ3v) is 3.25. The number of nitrogens with one attached hydrogen (secondary N) is 1. The number of hydrogen-bond acceptors (Lipinski definition) is 5. The van der Waals surface area contributed by atoms with Crippen molar-refractivity contribution in [1.82, 2.24) is 5.32 Å². The number of carbonyl (C=O) groups is 2. The van der Waals surface area contributed by atoms with Crippen LogP contribution in [0.1, 0.15) is 15.9 Å². The smallest absolute Gasteiger partial charge is 0.263 e. The Kier molecular flexibility index (Phi) is 3.26. The summed E-state index contributed by atoms with van der Waals surface area (Å²) in [6.45, 7) is 0. The standard InChI is InChI=1S/C11H7NO3S2/c13-9-8(17-11(16)12-9)5-6-1-3-7(4-2-6)10(14)15/h1-5H,(H,14,15)(H,12,13,16)/p-1. The van der Waals surface area contributed by atoms with E-state index in [0.717, 1.165) is 5.56 Å². The van der Waals surface area contributed by atoms with Crippen molar-refractivity contribution in [3.05, 3.63) is 40.3 Å². The van der Waals surface area contributed by atoms with E-state index in [2.05, 4.69) is 5.32 Å². The van der Waals surface area contributed by atoms with Crippen LogP contribution in [-0.4, -0.2) is 16.2 Å². The van der Waals surface area contributed by atoms with Gasteiger partial charge in [-0.25, -0.2) is 0 Å². The third kappa shape index (κ3) is 2.72. The molecular formula is C11H6NO3S2-. The molecule has 1 fully saturated rings. The molecule has 2 rings (SSSR count). The maximum atomic E-state index is 11.4. The third-order valence-electron chi connectivity index (χ3n) is 2.09. The number of hydrogen-bond donors (Lipinski definition) is 1. The van der Waals surface area contributed by atoms with Gasteiger partial charge in [0.1, 0.15) is 4.32 Å². The fourth-order valence-corrected chi connectivity index (χ4v) is 2.33. The molecule has 86 valence electrons. The normalized spacial score (nSPS) is 17.3. The Morgan fingerprint density at radius 2 is 2.00 bits per heavy atom. The van der Waals surface area contributed by atoms with Crippen LogP contribution < -0.4 is 10.4 Å². The minimum absolute atomic E-state index is 0.103. The molecule has 1 aromatic rings. The average molecular weight is 264 g/mol. The summed E-state index contributed by atoms with van der Waals surface area (Å²) < 4.78 is 0.424. The van der Waals surface area contributed by atoms with Crippen molar-refractivity contribution >= 4 is 46.3 Å². The lowest BCUT2D eigenvalue weighted by atomic mass is 10.1. The molecule has 1 heterocycles. The Balaban J connectivity index is 2.24. The molecule has 1 aromatic carbocycles. The van der Waals surface area contributed by atoms with E-state index in [4.69, 9.17) is 12.2 Å². The molecule has 0 atom stereocenters. The van der Waals surface area contributed by atoms with E-state index in [1.807, 2.05) is 0 Å². The molecule has 1 N–H and O–H groups in total. The molecule has 0 spiro atoms. The first-order chi connectivity index (χ1) is 8.06. The SMILES string of the molecule is O=C1NC(=S)SC1=Cc1ccc(C(=O)[O-])cc1. The highest BCUT2D eigenvalue weighted by molar-refractivity contribution is 8.26. The molecule has 4 nitrogen and oxygen atoms in total. The number of carboxylic acids is 1. The lowest BCUT2D eigenvalue weighted by molar-refractivity contribution is -0.255. The number of amides is 1. The second-order valence-electron chi connectivity index (χ2n) is 3.26. The molecular weight excluding hydrogens is 258 g/mol. The van der Waals surface area contributed by atoms with Gasteiger partial charge >= 0.3 is 0 Å². The number of benzene rings is 1. The highest BCUT2D eigenvalue weighted by Crippen LogP contribution is 2.25. The van der Waals surface area contributed by atoms with E-state index in [0.29, 0.717) is 9.23 Å². The van der Waals surface area contributed by atoms with Crippen LogP contribution in [0.5, 0.6) is 0 Å². The van der Waals surface area contributed by atoms with Gasteiger partial charge < -0.3 is 15.2 Å². The molecule has 0 radical (unpaired) electrons. The number of thiocarbonyl (C=S) groups is 1. The number of aromatic carboxylic acids is 1. The van der Waals surface area contributed by atoms with Crippen LogP contribution in [0.2, 0.25) is 0 Å². The summed E-state index contributed by atoms with van der Waals surface area (Å²) >= 11 is 6.03. The van der Waals surface area contributed by atoms with Crippen LogP contribution >= 0.6 is 24.0 Å². The Morgan fingerprint density at radius 3 is 2.47 bits per heavy atom. The van der Waals surface area contributed by atoms with E-state index in [9.17, 15) is 14.7 Å². The van der Waals surface area contributed by atoms with Crippen LogP contribution in [0.15, 0.2) is 29.2 Å². The van der Waals surface area contributed by atoms with E-state index in [1.54, 1.807) is 18.2 Å². The van der Waals surface area contributed by atoms with Crippen molar-refractivity contribution < 1.29 is 14.7 Å². The van der Waals surface area contributed by atoms with Gasteiger partial charge in [0, 0.05) is 0 Å². The van der Waals surface area contributed by atoms with Crippen molar-refractivity contribution in [1.29, 1.82) is 0 Å². The van der Waals surface area contributed by atoms with Crippen LogP contribution in [0.4, 0.5) is 0 Å². The fraction of sp³-hybridized carbons (Fsp3) is 0. The molecule has 1 saturated heterocycles. The van der Waals surface area contributed by atoms with Crippen LogP contribution in [0, 0.1) is 0 Å². The van der Waals surface area contributed by atoms with Gasteiger partial charge in [-0.15, -0.1) is 0 Å². The molecule has 1 aliphatic heterocycles. The van der Waals surface area contributed by atoms with Gasteiger partial charge in [0.15, 0.2) is 0 Å². The molecule has 0 aliphatic carbocycles. The van der Waals surface area contributed by atoms with Gasteiger partial charge in [-0.3, -0.25) is 4.79 Å². The highest BCUT2D eigenvalue weighted by Gasteiger charge is 2.21. The number of thioether (sulfide) groups is 1. The molecule has 0 unspecified atom stereocenters. The summed E-state index contributed by atoms with van der Waals surface area (Å²) in [4.78, 5) is 22.4. The van der Waals surface area contributed by atoms with Gasteiger partial charge in [0.25, 0.3) is 5.91 Å². The van der Waals surface area contributed by atoms with Crippen molar-refractivity contribution in [2.24, 2.45) is 0 Å². The van der Waals surface area contributed by atoms with Gasteiger partial charge in [0.2, 0.25) is 0 Å². The zero-order valence-electron chi connectivity index (χ0n) is 8.43. The van der Waals surface area contributed by atoms with Crippen LogP contribution in [0.3, 0.4) is 0 Å². The Labute approximate surface area is 107 Å². The first-order valence-electron chi connectivity index (χ1n) is 4.62. The summed E-state index contributed by atoms with van der Waals surface area (Å²) in [5.74, 6) is -1.46. The van der Waals surface area contributed by atoms with Crippen LogP contribution in [0.25, 0.3) is 6.08 Å². The quantitative estimate of drug-likeness (QED) is 0.623. The molecule has 0 saturated carbocycles. The van der Waals surface area contributed by atoms with E-state index in [1.165, 1.54) is 23.9 Å². The summed E-state index contributed by atoms with van der Waals surface area (Å²) in [5.41, 5.74) is 0.837. The van der Waals surface area contributed by atoms with Crippen molar-refractivity contribution in [3.8, 4) is 0 Å². The first-order valence-corrected chi connectivity index (χ1v) is 5.85. The zero-order valence-corrected chi connectivity index (χ0v) is 10.1. The average Bonchev–Trinajstić information content (AvgIpc) is 2.58. The molecule has 0 bridgehead atoms. The summed E-state index contributed by atoms with van der Waals surface area (Å²) in [7, 11) is 0. The predicted octanol–water partition coefficient (Wildman–Crippen LogP) is 0.539. The number of rotatable bonds is 2. The van der Waals surface area contributed by atoms with Gasteiger partial charge in [-0.1, -0.05) is 48.2 Å². The fourth-order valence-electron chi connectivity index (χ4n) is 1.29. The second-order valence-corrected chi connectivity index (χ2v) is 4.98. The lowest BCUT2D eigenvalue weighted by Crippen LogP contribution is -2.21. The van der Waals surface area contributed by atoms with Gasteiger partial charge in [0.05, 0.1) is 10.9 Å². The Morgan fingerprint density at radius 1 is 1.35 bits per heavy atom. The maximum absolute atomic E-state index is 11.4. The Hall–Kier alpha value is -1.66. The first kappa shape index (κ1) is 11.8. The van der Waals surface area contributed by atoms with Crippen molar-refractivity contribution in [3.63, 3.8) is 0 Å². The molecule has 0 aromatic heterocycles. The van der Waals surface area contributed by atoms with E-state index >= 15 is 0 Å². The molecule has 6 heteroatoms. The monoisotopic (exact) mass is 264 g/mol. The lowest BCUT2D eigenvalue weighted by Gasteiger charge is -2.01. The number of carbonyl (C=O) groups excluding carboxylic acids is 2. The molecule has 17 heavy (non-hydrogen) atoms. The predicted molar refractivity (Wildman–Crippen MR) is 67.1 cm³/mol. The van der Waals surface area contributed by atoms with Crippen LogP contribution in [-0.2, 0) is 4.79 Å². The highest BCUT2D eigenvalue weighted by atomic mass is 32.2. The molecule has 1 aliphatic rings. The summed E-state index contributed by atoms with van der Waals surface area (Å²) in [6, 6.07) is 6.07. The van der Waals surface area contributed by atoms with Crippen molar-refractivity contribution in [2.75, 3.05) is 0 Å². The van der Waals surface area contributed by atoms with E-state index < -0.39 is 5.97 Å². The van der Waals surface area contributed by atoms with Gasteiger partial charge in [-0.05, 0) is 17.2 Å². The maximum Gasteiger partial charge on any atom is 0.263 e. The zero-order chi connectivity index (χ0) is 12.4. The summed E-state index contributed by atoms with van der Waals surface area (Å²) in [6.07, 6.45) is 1.65. The molecule has 1 amide bonds. The largest absolute Gasteiger partial charge is 0.545 e.